The lowest BCUT2D eigenvalue weighted by atomic mass is 10.1. The predicted octanol–water partition coefficient (Wildman–Crippen LogP) is 2.63. The van der Waals surface area contributed by atoms with Gasteiger partial charge in [0, 0.05) is 18.8 Å². The highest BCUT2D eigenvalue weighted by Gasteiger charge is 1.95. The summed E-state index contributed by atoms with van der Waals surface area (Å²) in [4.78, 5) is 0. The van der Waals surface area contributed by atoms with E-state index in [1.807, 2.05) is 24.3 Å². The van der Waals surface area contributed by atoms with Crippen LogP contribution >= 0.6 is 0 Å². The highest BCUT2D eigenvalue weighted by Crippen LogP contribution is 2.11. The van der Waals surface area contributed by atoms with Crippen molar-refractivity contribution in [2.24, 2.45) is 5.73 Å². The van der Waals surface area contributed by atoms with Crippen LogP contribution in [0, 0.1) is 11.3 Å². The van der Waals surface area contributed by atoms with E-state index in [1.165, 1.54) is 5.56 Å². The number of benzene rings is 2. The molecule has 0 fully saturated rings. The van der Waals surface area contributed by atoms with Crippen LogP contribution in [0.25, 0.3) is 0 Å². The minimum Gasteiger partial charge on any atom is -0.381 e. The first-order valence-corrected chi connectivity index (χ1v) is 5.84. The van der Waals surface area contributed by atoms with Crippen LogP contribution in [0.3, 0.4) is 0 Å². The molecular weight excluding hydrogens is 222 g/mol. The molecule has 3 heteroatoms. The van der Waals surface area contributed by atoms with Crippen LogP contribution in [-0.4, -0.2) is 0 Å². The van der Waals surface area contributed by atoms with Gasteiger partial charge in [0.1, 0.15) is 0 Å². The van der Waals surface area contributed by atoms with E-state index >= 15 is 0 Å². The quantitative estimate of drug-likeness (QED) is 0.859. The largest absolute Gasteiger partial charge is 0.381 e. The Morgan fingerprint density at radius 3 is 2.11 bits per heavy atom. The number of rotatable bonds is 4. The average Bonchev–Trinajstić information content (AvgIpc) is 2.46. The van der Waals surface area contributed by atoms with Crippen LogP contribution in [0.1, 0.15) is 16.7 Å². The van der Waals surface area contributed by atoms with E-state index in [4.69, 9.17) is 11.0 Å². The topological polar surface area (TPSA) is 61.8 Å². The zero-order chi connectivity index (χ0) is 12.8. The van der Waals surface area contributed by atoms with Crippen LogP contribution in [0.5, 0.6) is 0 Å². The third-order valence-corrected chi connectivity index (χ3v) is 2.77. The van der Waals surface area contributed by atoms with E-state index < -0.39 is 0 Å². The molecule has 18 heavy (non-hydrogen) atoms. The van der Waals surface area contributed by atoms with Gasteiger partial charge in [-0.15, -0.1) is 0 Å². The smallest absolute Gasteiger partial charge is 0.0991 e. The zero-order valence-electron chi connectivity index (χ0n) is 10.1. The number of anilines is 1. The van der Waals surface area contributed by atoms with Crippen LogP contribution in [0.2, 0.25) is 0 Å². The van der Waals surface area contributed by atoms with Gasteiger partial charge in [-0.25, -0.2) is 0 Å². The van der Waals surface area contributed by atoms with E-state index in [0.29, 0.717) is 12.1 Å². The average molecular weight is 237 g/mol. The van der Waals surface area contributed by atoms with E-state index in [1.54, 1.807) is 12.1 Å². The minimum absolute atomic E-state index is 0.573. The number of nitrogens with one attached hydrogen (secondary N) is 1. The second-order valence-corrected chi connectivity index (χ2v) is 4.06. The Kier molecular flexibility index (Phi) is 3.95. The molecule has 0 aliphatic rings. The van der Waals surface area contributed by atoms with Crippen LogP contribution in [0.4, 0.5) is 5.69 Å². The van der Waals surface area contributed by atoms with Gasteiger partial charge in [0.15, 0.2) is 0 Å². The summed E-state index contributed by atoms with van der Waals surface area (Å²) in [6, 6.07) is 17.7. The Balaban J connectivity index is 1.95. The summed E-state index contributed by atoms with van der Waals surface area (Å²) in [5, 5.41) is 12.0. The first kappa shape index (κ1) is 12.2. The van der Waals surface area contributed by atoms with E-state index in [0.717, 1.165) is 17.8 Å². The number of hydrogen-bond donors (Lipinski definition) is 2. The monoisotopic (exact) mass is 237 g/mol. The molecule has 3 nitrogen and oxygen atoms in total. The lowest BCUT2D eigenvalue weighted by Gasteiger charge is -2.07. The summed E-state index contributed by atoms with van der Waals surface area (Å²) >= 11 is 0. The third kappa shape index (κ3) is 3.09. The van der Waals surface area contributed by atoms with Gasteiger partial charge < -0.3 is 11.1 Å². The molecule has 0 spiro atoms. The van der Waals surface area contributed by atoms with E-state index in [2.05, 4.69) is 23.5 Å². The maximum Gasteiger partial charge on any atom is 0.0991 e. The normalized spacial score (nSPS) is 9.78. The van der Waals surface area contributed by atoms with Crippen molar-refractivity contribution in [2.45, 2.75) is 13.1 Å². The van der Waals surface area contributed by atoms with Crippen molar-refractivity contribution in [1.29, 1.82) is 5.26 Å². The third-order valence-electron chi connectivity index (χ3n) is 2.77. The maximum absolute atomic E-state index is 8.71. The molecule has 0 aliphatic carbocycles. The molecule has 0 amide bonds. The molecule has 2 rings (SSSR count). The zero-order valence-corrected chi connectivity index (χ0v) is 10.1. The van der Waals surface area contributed by atoms with E-state index in [-0.39, 0.29) is 0 Å². The molecule has 2 aromatic carbocycles. The van der Waals surface area contributed by atoms with Crippen LogP contribution < -0.4 is 11.1 Å². The summed E-state index contributed by atoms with van der Waals surface area (Å²) in [5.74, 6) is 0. The molecule has 90 valence electrons. The predicted molar refractivity (Wildman–Crippen MR) is 72.8 cm³/mol. The Hall–Kier alpha value is -2.31. The SMILES string of the molecule is N#Cc1ccc(NCc2ccc(CN)cc2)cc1. The summed E-state index contributed by atoms with van der Waals surface area (Å²) in [5.41, 5.74) is 9.58. The number of nitrogens with zero attached hydrogens (tertiary/aromatic N) is 1. The van der Waals surface area contributed by atoms with Crippen LogP contribution in [-0.2, 0) is 13.1 Å². The minimum atomic E-state index is 0.573. The van der Waals surface area contributed by atoms with Gasteiger partial charge in [0.25, 0.3) is 0 Å². The van der Waals surface area contributed by atoms with Gasteiger partial charge in [0.2, 0.25) is 0 Å². The fraction of sp³-hybridized carbons (Fsp3) is 0.133. The lowest BCUT2D eigenvalue weighted by Crippen LogP contribution is -2.00. The Labute approximate surface area is 107 Å². The Bertz CT molecular complexity index is 535. The van der Waals surface area contributed by atoms with Gasteiger partial charge in [-0.3, -0.25) is 0 Å². The molecule has 0 radical (unpaired) electrons. The maximum atomic E-state index is 8.71. The Morgan fingerprint density at radius 2 is 1.56 bits per heavy atom. The fourth-order valence-corrected chi connectivity index (χ4v) is 1.66. The van der Waals surface area contributed by atoms with Crippen molar-refractivity contribution in [3.63, 3.8) is 0 Å². The first-order valence-electron chi connectivity index (χ1n) is 5.84. The molecule has 0 saturated heterocycles. The summed E-state index contributed by atoms with van der Waals surface area (Å²) in [6.45, 7) is 1.33. The molecule has 2 aromatic rings. The van der Waals surface area contributed by atoms with Gasteiger partial charge >= 0.3 is 0 Å². The molecule has 0 aromatic heterocycles. The first-order chi connectivity index (χ1) is 8.81. The lowest BCUT2D eigenvalue weighted by molar-refractivity contribution is 1.06. The molecule has 3 N–H and O–H groups in total. The summed E-state index contributed by atoms with van der Waals surface area (Å²) < 4.78 is 0. The van der Waals surface area contributed by atoms with Crippen LogP contribution in [0.15, 0.2) is 48.5 Å². The van der Waals surface area contributed by atoms with Crippen molar-refractivity contribution in [3.05, 3.63) is 65.2 Å². The van der Waals surface area contributed by atoms with Crippen molar-refractivity contribution in [1.82, 2.24) is 0 Å². The fourth-order valence-electron chi connectivity index (χ4n) is 1.66. The number of hydrogen-bond acceptors (Lipinski definition) is 3. The second-order valence-electron chi connectivity index (χ2n) is 4.06. The standard InChI is InChI=1S/C15H15N3/c16-9-12-1-3-14(4-2-12)11-18-15-7-5-13(10-17)6-8-15/h1-8,18H,9,11,16H2. The summed E-state index contributed by atoms with van der Waals surface area (Å²) in [6.07, 6.45) is 0. The highest BCUT2D eigenvalue weighted by atomic mass is 14.9. The van der Waals surface area contributed by atoms with Crippen molar-refractivity contribution >= 4 is 5.69 Å². The molecular formula is C15H15N3. The second kappa shape index (κ2) is 5.85. The highest BCUT2D eigenvalue weighted by molar-refractivity contribution is 5.47. The molecule has 0 bridgehead atoms. The number of nitrogens with two attached hydrogens (primary N) is 1. The molecule has 0 atom stereocenters. The molecule has 0 heterocycles. The molecule has 0 saturated carbocycles. The molecule has 0 unspecified atom stereocenters. The Morgan fingerprint density at radius 1 is 0.944 bits per heavy atom. The van der Waals surface area contributed by atoms with E-state index in [9.17, 15) is 0 Å². The van der Waals surface area contributed by atoms with Gasteiger partial charge in [-0.1, -0.05) is 24.3 Å². The van der Waals surface area contributed by atoms with Crippen molar-refractivity contribution in [2.75, 3.05) is 5.32 Å². The van der Waals surface area contributed by atoms with Gasteiger partial charge in [0.05, 0.1) is 11.6 Å². The summed E-state index contributed by atoms with van der Waals surface area (Å²) in [7, 11) is 0. The van der Waals surface area contributed by atoms with Crippen molar-refractivity contribution in [3.8, 4) is 6.07 Å². The molecule has 0 aliphatic heterocycles. The number of nitriles is 1. The van der Waals surface area contributed by atoms with Crippen molar-refractivity contribution < 1.29 is 0 Å². The van der Waals surface area contributed by atoms with Gasteiger partial charge in [-0.2, -0.15) is 5.26 Å². The van der Waals surface area contributed by atoms with Gasteiger partial charge in [-0.05, 0) is 35.4 Å².